The van der Waals surface area contributed by atoms with Gasteiger partial charge in [0.25, 0.3) is 0 Å². The molecule has 4 rings (SSSR count). The van der Waals surface area contributed by atoms with Crippen LogP contribution in [0.1, 0.15) is 24.4 Å². The van der Waals surface area contributed by atoms with Crippen molar-refractivity contribution in [2.24, 2.45) is 7.05 Å². The first-order valence-electron chi connectivity index (χ1n) is 10.6. The Hall–Kier alpha value is -3.62. The Morgan fingerprint density at radius 1 is 1.33 bits per heavy atom. The monoisotopic (exact) mass is 456 g/mol. The van der Waals surface area contributed by atoms with E-state index in [9.17, 15) is 19.2 Å². The second kappa shape index (κ2) is 9.48. The lowest BCUT2D eigenvalue weighted by Gasteiger charge is -2.30. The summed E-state index contributed by atoms with van der Waals surface area (Å²) in [6, 6.07) is 4.52. The Morgan fingerprint density at radius 2 is 2.15 bits per heavy atom. The summed E-state index contributed by atoms with van der Waals surface area (Å²) >= 11 is 0. The van der Waals surface area contributed by atoms with Crippen LogP contribution in [0.2, 0.25) is 0 Å². The van der Waals surface area contributed by atoms with E-state index in [4.69, 9.17) is 14.6 Å². The number of amides is 3. The summed E-state index contributed by atoms with van der Waals surface area (Å²) in [4.78, 5) is 49.1. The zero-order valence-corrected chi connectivity index (χ0v) is 18.1. The Bertz CT molecular complexity index is 1220. The van der Waals surface area contributed by atoms with Crippen LogP contribution in [0.4, 0.5) is 4.79 Å². The molecule has 2 fully saturated rings. The summed E-state index contributed by atoms with van der Waals surface area (Å²) in [6.45, 7) is 1.23. The molecule has 174 valence electrons. The van der Waals surface area contributed by atoms with Gasteiger partial charge in [-0.05, 0) is 18.6 Å². The fraction of sp³-hybridized carbons (Fsp3) is 0.455. The number of benzene rings is 1. The Kier molecular flexibility index (Phi) is 6.48. The van der Waals surface area contributed by atoms with Crippen LogP contribution < -0.4 is 11.0 Å². The van der Waals surface area contributed by atoms with E-state index in [0.717, 1.165) is 0 Å². The molecular formula is C22H24N4O7. The van der Waals surface area contributed by atoms with Crippen molar-refractivity contribution in [3.05, 3.63) is 34.2 Å². The van der Waals surface area contributed by atoms with Crippen LogP contribution >= 0.6 is 0 Å². The van der Waals surface area contributed by atoms with Crippen LogP contribution in [-0.4, -0.2) is 76.1 Å². The summed E-state index contributed by atoms with van der Waals surface area (Å²) in [5, 5.41) is 11.4. The average molecular weight is 456 g/mol. The van der Waals surface area contributed by atoms with E-state index in [0.29, 0.717) is 29.7 Å². The minimum atomic E-state index is -0.981. The van der Waals surface area contributed by atoms with Gasteiger partial charge in [-0.25, -0.2) is 9.59 Å². The number of imide groups is 1. The Morgan fingerprint density at radius 3 is 2.91 bits per heavy atom. The number of morpholine rings is 1. The minimum absolute atomic E-state index is 0.102. The lowest BCUT2D eigenvalue weighted by atomic mass is 10.1. The highest BCUT2D eigenvalue weighted by molar-refractivity contribution is 6.00. The Labute approximate surface area is 188 Å². The van der Waals surface area contributed by atoms with Crippen molar-refractivity contribution < 1.29 is 29.0 Å². The van der Waals surface area contributed by atoms with Gasteiger partial charge in [-0.1, -0.05) is 17.9 Å². The number of ether oxygens (including phenoxy) is 2. The van der Waals surface area contributed by atoms with E-state index in [-0.39, 0.29) is 50.3 Å². The molecule has 3 amide bonds. The SMILES string of the molecule is Cn1c(=O)n(C2CCC(=O)NC2=O)c2cccc(C#CCOC[C@H]3CN(C(=O)O)CCO3)c21. The maximum atomic E-state index is 12.9. The van der Waals surface area contributed by atoms with Gasteiger partial charge in [0.15, 0.2) is 0 Å². The number of imidazole rings is 1. The van der Waals surface area contributed by atoms with Gasteiger partial charge >= 0.3 is 11.8 Å². The first-order chi connectivity index (χ1) is 15.9. The summed E-state index contributed by atoms with van der Waals surface area (Å²) < 4.78 is 13.9. The van der Waals surface area contributed by atoms with Crippen LogP contribution in [0.25, 0.3) is 11.0 Å². The van der Waals surface area contributed by atoms with Crippen LogP contribution in [0.3, 0.4) is 0 Å². The van der Waals surface area contributed by atoms with Crippen LogP contribution in [0, 0.1) is 11.8 Å². The molecule has 33 heavy (non-hydrogen) atoms. The number of para-hydroxylation sites is 1. The number of aromatic nitrogens is 2. The highest BCUT2D eigenvalue weighted by Gasteiger charge is 2.31. The third-order valence-electron chi connectivity index (χ3n) is 5.73. The fourth-order valence-electron chi connectivity index (χ4n) is 4.14. The van der Waals surface area contributed by atoms with Gasteiger partial charge < -0.3 is 19.5 Å². The second-order valence-corrected chi connectivity index (χ2v) is 7.89. The van der Waals surface area contributed by atoms with Crippen LogP contribution in [0.5, 0.6) is 0 Å². The molecule has 0 saturated carbocycles. The maximum Gasteiger partial charge on any atom is 0.407 e. The average Bonchev–Trinajstić information content (AvgIpc) is 3.05. The van der Waals surface area contributed by atoms with Gasteiger partial charge in [0, 0.05) is 20.0 Å². The number of carboxylic acid groups (broad SMARTS) is 1. The van der Waals surface area contributed by atoms with Crippen molar-refractivity contribution in [1.29, 1.82) is 0 Å². The predicted octanol–water partition coefficient (Wildman–Crippen LogP) is 0.0646. The molecule has 1 aromatic carbocycles. The molecule has 11 nitrogen and oxygen atoms in total. The summed E-state index contributed by atoms with van der Waals surface area (Å²) in [7, 11) is 1.61. The van der Waals surface area contributed by atoms with Crippen molar-refractivity contribution in [3.8, 4) is 11.8 Å². The molecule has 2 saturated heterocycles. The third-order valence-corrected chi connectivity index (χ3v) is 5.73. The molecule has 1 aromatic heterocycles. The minimum Gasteiger partial charge on any atom is -0.465 e. The Balaban J connectivity index is 1.48. The number of nitrogens with one attached hydrogen (secondary N) is 1. The molecule has 2 aliphatic heterocycles. The first-order valence-corrected chi connectivity index (χ1v) is 10.6. The number of hydrogen-bond donors (Lipinski definition) is 2. The molecule has 2 atom stereocenters. The first kappa shape index (κ1) is 22.6. The highest BCUT2D eigenvalue weighted by atomic mass is 16.5. The smallest absolute Gasteiger partial charge is 0.407 e. The molecule has 0 spiro atoms. The molecule has 1 unspecified atom stereocenters. The summed E-state index contributed by atoms with van der Waals surface area (Å²) in [5.74, 6) is 5.09. The van der Waals surface area contributed by atoms with E-state index in [1.54, 1.807) is 25.2 Å². The van der Waals surface area contributed by atoms with Gasteiger partial charge in [0.05, 0.1) is 42.5 Å². The number of rotatable bonds is 4. The van der Waals surface area contributed by atoms with Gasteiger partial charge in [0.1, 0.15) is 12.6 Å². The maximum absolute atomic E-state index is 12.9. The lowest BCUT2D eigenvalue weighted by molar-refractivity contribution is -0.135. The normalized spacial score (nSPS) is 20.9. The van der Waals surface area contributed by atoms with Gasteiger partial charge in [-0.15, -0.1) is 0 Å². The van der Waals surface area contributed by atoms with E-state index >= 15 is 0 Å². The highest BCUT2D eigenvalue weighted by Crippen LogP contribution is 2.24. The standard InChI is InChI=1S/C22H24N4O7/c1-24-19-14(5-3-10-32-13-15-12-25(22(30)31)9-11-33-15)4-2-6-16(19)26(21(24)29)17-7-8-18(27)23-20(17)28/h2,4,6,15,17H,7-13H2,1H3,(H,30,31)(H,23,27,28)/t15-,17?/m1/s1. The molecule has 0 radical (unpaired) electrons. The van der Waals surface area contributed by atoms with Gasteiger partial charge in [-0.3, -0.25) is 24.0 Å². The zero-order chi connectivity index (χ0) is 23.5. The topological polar surface area (TPSA) is 132 Å². The molecule has 0 bridgehead atoms. The van der Waals surface area contributed by atoms with Crippen molar-refractivity contribution in [2.75, 3.05) is 32.9 Å². The summed E-state index contributed by atoms with van der Waals surface area (Å²) in [6.07, 6.45) is -0.893. The number of hydrogen-bond acceptors (Lipinski definition) is 6. The largest absolute Gasteiger partial charge is 0.465 e. The van der Waals surface area contributed by atoms with E-state index in [1.165, 1.54) is 14.0 Å². The van der Waals surface area contributed by atoms with Crippen LogP contribution in [0.15, 0.2) is 23.0 Å². The molecule has 2 aliphatic rings. The van der Waals surface area contributed by atoms with Crippen molar-refractivity contribution >= 4 is 28.9 Å². The zero-order valence-electron chi connectivity index (χ0n) is 18.1. The van der Waals surface area contributed by atoms with E-state index < -0.39 is 18.0 Å². The molecule has 2 N–H and O–H groups in total. The molecule has 3 heterocycles. The molecule has 0 aliphatic carbocycles. The van der Waals surface area contributed by atoms with E-state index in [2.05, 4.69) is 17.2 Å². The predicted molar refractivity (Wildman–Crippen MR) is 116 cm³/mol. The molecular weight excluding hydrogens is 432 g/mol. The second-order valence-electron chi connectivity index (χ2n) is 7.89. The van der Waals surface area contributed by atoms with Crippen LogP contribution in [-0.2, 0) is 26.1 Å². The van der Waals surface area contributed by atoms with Gasteiger partial charge in [-0.2, -0.15) is 0 Å². The fourth-order valence-corrected chi connectivity index (χ4v) is 4.14. The number of carbonyl (C=O) groups is 3. The lowest BCUT2D eigenvalue weighted by Crippen LogP contribution is -2.46. The van der Waals surface area contributed by atoms with E-state index in [1.807, 2.05) is 0 Å². The quantitative estimate of drug-likeness (QED) is 0.378. The molecule has 11 heteroatoms. The number of carbonyl (C=O) groups excluding carboxylic acids is 2. The van der Waals surface area contributed by atoms with Crippen molar-refractivity contribution in [3.63, 3.8) is 0 Å². The van der Waals surface area contributed by atoms with Crippen molar-refractivity contribution in [2.45, 2.75) is 25.0 Å². The number of nitrogens with zero attached hydrogens (tertiary/aromatic N) is 3. The molecule has 2 aromatic rings. The summed E-state index contributed by atoms with van der Waals surface area (Å²) in [5.41, 5.74) is 1.40. The number of aryl methyl sites for hydroxylation is 1. The van der Waals surface area contributed by atoms with Crippen molar-refractivity contribution in [1.82, 2.24) is 19.4 Å². The third kappa shape index (κ3) is 4.62. The number of fused-ring (bicyclic) bond motifs is 1. The number of piperidine rings is 1. The van der Waals surface area contributed by atoms with Gasteiger partial charge in [0.2, 0.25) is 11.8 Å².